The lowest BCUT2D eigenvalue weighted by atomic mass is 9.93. The van der Waals surface area contributed by atoms with E-state index in [1.807, 2.05) is 20.8 Å². The van der Waals surface area contributed by atoms with Gasteiger partial charge in [0, 0.05) is 6.54 Å². The highest BCUT2D eigenvalue weighted by Gasteiger charge is 2.22. The molecular formula is C13H27NO6S. The lowest BCUT2D eigenvalue weighted by Crippen LogP contribution is -2.40. The molecule has 2 atom stereocenters. The molecule has 0 aromatic heterocycles. The van der Waals surface area contributed by atoms with Crippen molar-refractivity contribution in [2.45, 2.75) is 45.3 Å². The van der Waals surface area contributed by atoms with E-state index in [0.29, 0.717) is 12.9 Å². The molecule has 2 unspecified atom stereocenters. The Kier molecular flexibility index (Phi) is 9.03. The predicted octanol–water partition coefficient (Wildman–Crippen LogP) is 0.281. The van der Waals surface area contributed by atoms with Crippen LogP contribution >= 0.6 is 0 Å². The van der Waals surface area contributed by atoms with Crippen LogP contribution in [-0.2, 0) is 23.8 Å². The Morgan fingerprint density at radius 1 is 1.38 bits per heavy atom. The Labute approximate surface area is 127 Å². The Morgan fingerprint density at radius 2 is 2.00 bits per heavy atom. The van der Waals surface area contributed by atoms with Crippen molar-refractivity contribution in [3.63, 3.8) is 0 Å². The fourth-order valence-corrected chi connectivity index (χ4v) is 2.10. The predicted molar refractivity (Wildman–Crippen MR) is 79.3 cm³/mol. The number of piperidine rings is 1. The van der Waals surface area contributed by atoms with E-state index >= 15 is 0 Å². The lowest BCUT2D eigenvalue weighted by Gasteiger charge is -2.27. The van der Waals surface area contributed by atoms with Crippen LogP contribution in [0.3, 0.4) is 0 Å². The van der Waals surface area contributed by atoms with E-state index < -0.39 is 10.1 Å². The van der Waals surface area contributed by atoms with Crippen molar-refractivity contribution in [3.05, 3.63) is 0 Å². The summed E-state index contributed by atoms with van der Waals surface area (Å²) in [6, 6.07) is 0. The molecule has 126 valence electrons. The third kappa shape index (κ3) is 12.7. The van der Waals surface area contributed by atoms with E-state index in [1.165, 1.54) is 0 Å². The minimum atomic E-state index is -3.34. The number of aliphatic hydroxyl groups is 1. The first-order valence-electron chi connectivity index (χ1n) is 6.90. The molecule has 0 saturated carbocycles. The highest BCUT2D eigenvalue weighted by molar-refractivity contribution is 7.85. The molecule has 7 nitrogen and oxygen atoms in total. The van der Waals surface area contributed by atoms with Gasteiger partial charge in [0.2, 0.25) is 0 Å². The van der Waals surface area contributed by atoms with Gasteiger partial charge in [0.1, 0.15) is 5.60 Å². The molecule has 1 saturated heterocycles. The molecule has 8 heteroatoms. The van der Waals surface area contributed by atoms with E-state index in [9.17, 15) is 18.3 Å². The number of rotatable bonds is 5. The smallest absolute Gasteiger partial charge is 0.293 e. The average Bonchev–Trinajstić information content (AvgIpc) is 2.29. The molecular weight excluding hydrogens is 298 g/mol. The number of hydrogen-bond acceptors (Lipinski definition) is 7. The Bertz CT molecular complexity index is 390. The van der Waals surface area contributed by atoms with Crippen molar-refractivity contribution < 1.29 is 27.2 Å². The molecule has 0 aromatic rings. The SMILES string of the molecule is CC(C)(C)OC=O.CS(=O)(=O)OCCC1CNCCC1O. The van der Waals surface area contributed by atoms with Crippen molar-refractivity contribution in [1.29, 1.82) is 0 Å². The summed E-state index contributed by atoms with van der Waals surface area (Å²) < 4.78 is 30.5. The van der Waals surface area contributed by atoms with Crippen LogP contribution < -0.4 is 5.32 Å². The van der Waals surface area contributed by atoms with Gasteiger partial charge in [-0.15, -0.1) is 0 Å². The lowest BCUT2D eigenvalue weighted by molar-refractivity contribution is -0.138. The third-order valence-corrected chi connectivity index (χ3v) is 3.35. The van der Waals surface area contributed by atoms with Crippen LogP contribution in [-0.4, -0.2) is 57.7 Å². The first-order chi connectivity index (χ1) is 9.55. The molecule has 1 rings (SSSR count). The van der Waals surface area contributed by atoms with E-state index in [1.54, 1.807) is 0 Å². The van der Waals surface area contributed by atoms with Crippen LogP contribution in [0.1, 0.15) is 33.6 Å². The molecule has 1 fully saturated rings. The van der Waals surface area contributed by atoms with Gasteiger partial charge in [0.15, 0.2) is 0 Å². The van der Waals surface area contributed by atoms with Crippen molar-refractivity contribution in [1.82, 2.24) is 5.32 Å². The van der Waals surface area contributed by atoms with Crippen LogP contribution in [0.4, 0.5) is 0 Å². The van der Waals surface area contributed by atoms with Gasteiger partial charge >= 0.3 is 0 Å². The summed E-state index contributed by atoms with van der Waals surface area (Å²) in [6.07, 6.45) is 1.99. The van der Waals surface area contributed by atoms with Crippen LogP contribution in [0.5, 0.6) is 0 Å². The first kappa shape index (κ1) is 20.3. The van der Waals surface area contributed by atoms with Crippen LogP contribution in [0.2, 0.25) is 0 Å². The normalized spacial score (nSPS) is 22.9. The van der Waals surface area contributed by atoms with E-state index in [-0.39, 0.29) is 24.2 Å². The van der Waals surface area contributed by atoms with Gasteiger partial charge < -0.3 is 15.2 Å². The number of carbonyl (C=O) groups excluding carboxylic acids is 1. The summed E-state index contributed by atoms with van der Waals surface area (Å²) in [7, 11) is -3.34. The molecule has 1 heterocycles. The van der Waals surface area contributed by atoms with Gasteiger partial charge in [-0.2, -0.15) is 8.42 Å². The summed E-state index contributed by atoms with van der Waals surface area (Å²) in [5, 5.41) is 12.7. The molecule has 0 spiro atoms. The molecule has 0 radical (unpaired) electrons. The summed E-state index contributed by atoms with van der Waals surface area (Å²) in [5.74, 6) is 0.102. The van der Waals surface area contributed by atoms with Crippen LogP contribution in [0, 0.1) is 5.92 Å². The molecule has 2 N–H and O–H groups in total. The van der Waals surface area contributed by atoms with Gasteiger partial charge in [0.25, 0.3) is 16.6 Å². The number of aliphatic hydroxyl groups excluding tert-OH is 1. The van der Waals surface area contributed by atoms with E-state index in [0.717, 1.165) is 25.8 Å². The zero-order valence-corrected chi connectivity index (χ0v) is 14.0. The Morgan fingerprint density at radius 3 is 2.38 bits per heavy atom. The van der Waals surface area contributed by atoms with Gasteiger partial charge in [0.05, 0.1) is 19.0 Å². The minimum absolute atomic E-state index is 0.102. The standard InChI is InChI=1S/C8H17NO4S.C5H10O2/c1-14(11,12)13-5-3-7-6-9-4-2-8(7)10;1-5(2,3)7-4-6/h7-10H,2-6H2,1H3;4H,1-3H3. The molecule has 1 aliphatic heterocycles. The van der Waals surface area contributed by atoms with Crippen molar-refractivity contribution in [2.24, 2.45) is 5.92 Å². The van der Waals surface area contributed by atoms with Crippen LogP contribution in [0.15, 0.2) is 0 Å². The minimum Gasteiger partial charge on any atom is -0.462 e. The average molecular weight is 325 g/mol. The number of carbonyl (C=O) groups is 1. The number of hydrogen-bond donors (Lipinski definition) is 2. The Balaban J connectivity index is 0.000000486. The molecule has 0 amide bonds. The van der Waals surface area contributed by atoms with E-state index in [4.69, 9.17) is 0 Å². The topological polar surface area (TPSA) is 102 Å². The second-order valence-electron chi connectivity index (χ2n) is 5.96. The highest BCUT2D eigenvalue weighted by atomic mass is 32.2. The van der Waals surface area contributed by atoms with Crippen molar-refractivity contribution >= 4 is 16.6 Å². The maximum absolute atomic E-state index is 10.7. The summed E-state index contributed by atoms with van der Waals surface area (Å²) in [4.78, 5) is 9.60. The summed E-state index contributed by atoms with van der Waals surface area (Å²) >= 11 is 0. The largest absolute Gasteiger partial charge is 0.462 e. The summed E-state index contributed by atoms with van der Waals surface area (Å²) in [5.41, 5.74) is -0.318. The monoisotopic (exact) mass is 325 g/mol. The number of nitrogens with one attached hydrogen (secondary N) is 1. The Hall–Kier alpha value is -0.700. The van der Waals surface area contributed by atoms with Gasteiger partial charge in [-0.3, -0.25) is 8.98 Å². The zero-order valence-electron chi connectivity index (χ0n) is 13.2. The van der Waals surface area contributed by atoms with Gasteiger partial charge in [-0.25, -0.2) is 0 Å². The molecule has 21 heavy (non-hydrogen) atoms. The molecule has 0 aromatic carbocycles. The van der Waals surface area contributed by atoms with E-state index in [2.05, 4.69) is 14.2 Å². The fourth-order valence-electron chi connectivity index (χ4n) is 1.70. The summed E-state index contributed by atoms with van der Waals surface area (Å²) in [6.45, 7) is 7.63. The van der Waals surface area contributed by atoms with Gasteiger partial charge in [-0.05, 0) is 46.1 Å². The maximum atomic E-state index is 10.7. The second kappa shape index (κ2) is 9.34. The molecule has 1 aliphatic rings. The highest BCUT2D eigenvalue weighted by Crippen LogP contribution is 2.15. The van der Waals surface area contributed by atoms with Gasteiger partial charge in [-0.1, -0.05) is 0 Å². The van der Waals surface area contributed by atoms with Crippen LogP contribution in [0.25, 0.3) is 0 Å². The maximum Gasteiger partial charge on any atom is 0.293 e. The van der Waals surface area contributed by atoms with Crippen molar-refractivity contribution in [3.8, 4) is 0 Å². The molecule has 0 aliphatic carbocycles. The zero-order chi connectivity index (χ0) is 16.5. The number of ether oxygens (including phenoxy) is 1. The second-order valence-corrected chi connectivity index (χ2v) is 7.61. The quantitative estimate of drug-likeness (QED) is 0.553. The third-order valence-electron chi connectivity index (χ3n) is 2.76. The van der Waals surface area contributed by atoms with Crippen molar-refractivity contribution in [2.75, 3.05) is 26.0 Å². The fraction of sp³-hybridized carbons (Fsp3) is 0.923. The first-order valence-corrected chi connectivity index (χ1v) is 8.71. The molecule has 0 bridgehead atoms.